The van der Waals surface area contributed by atoms with Crippen LogP contribution < -0.4 is 5.32 Å². The van der Waals surface area contributed by atoms with Crippen LogP contribution in [0.1, 0.15) is 41.0 Å². The number of hydrogen-bond donors (Lipinski definition) is 1. The Morgan fingerprint density at radius 1 is 1.50 bits per heavy atom. The van der Waals surface area contributed by atoms with Gasteiger partial charge in [0, 0.05) is 25.2 Å². The maximum absolute atomic E-state index is 12.0. The fourth-order valence-electron chi connectivity index (χ4n) is 1.86. The molecule has 1 heterocycles. The van der Waals surface area contributed by atoms with E-state index in [-0.39, 0.29) is 12.1 Å². The zero-order valence-electron chi connectivity index (χ0n) is 11.0. The van der Waals surface area contributed by atoms with Crippen LogP contribution in [0.15, 0.2) is 0 Å². The topological polar surface area (TPSA) is 41.6 Å². The Kier molecular flexibility index (Phi) is 4.19. The number of rotatable bonds is 1. The summed E-state index contributed by atoms with van der Waals surface area (Å²) in [6.07, 6.45) is 0.770. The maximum Gasteiger partial charge on any atom is 0.410 e. The van der Waals surface area contributed by atoms with E-state index in [2.05, 4.69) is 19.2 Å². The fourth-order valence-corrected chi connectivity index (χ4v) is 1.86. The monoisotopic (exact) mass is 228 g/mol. The van der Waals surface area contributed by atoms with E-state index < -0.39 is 5.60 Å². The van der Waals surface area contributed by atoms with Crippen LogP contribution in [0.3, 0.4) is 0 Å². The second kappa shape index (κ2) is 5.04. The number of amides is 1. The Balaban J connectivity index is 2.63. The van der Waals surface area contributed by atoms with Gasteiger partial charge in [-0.15, -0.1) is 0 Å². The van der Waals surface area contributed by atoms with Crippen molar-refractivity contribution in [2.24, 2.45) is 0 Å². The molecule has 1 rings (SSSR count). The minimum atomic E-state index is -0.413. The van der Waals surface area contributed by atoms with E-state index in [0.717, 1.165) is 19.5 Å². The van der Waals surface area contributed by atoms with Gasteiger partial charge in [0.15, 0.2) is 0 Å². The van der Waals surface area contributed by atoms with Crippen molar-refractivity contribution in [2.45, 2.75) is 58.7 Å². The summed E-state index contributed by atoms with van der Waals surface area (Å²) in [6.45, 7) is 11.5. The van der Waals surface area contributed by atoms with Crippen LogP contribution in [0.2, 0.25) is 0 Å². The van der Waals surface area contributed by atoms with Crippen molar-refractivity contribution < 1.29 is 9.53 Å². The lowest BCUT2D eigenvalue weighted by Gasteiger charge is -2.39. The Morgan fingerprint density at radius 2 is 2.12 bits per heavy atom. The van der Waals surface area contributed by atoms with E-state index >= 15 is 0 Å². The first-order valence-corrected chi connectivity index (χ1v) is 6.06. The molecule has 0 radical (unpaired) electrons. The molecule has 0 bridgehead atoms. The number of ether oxygens (including phenoxy) is 1. The fraction of sp³-hybridized carbons (Fsp3) is 0.917. The maximum atomic E-state index is 12.0. The van der Waals surface area contributed by atoms with Crippen molar-refractivity contribution >= 4 is 6.09 Å². The molecule has 4 nitrogen and oxygen atoms in total. The first-order valence-electron chi connectivity index (χ1n) is 6.06. The second-order valence-corrected chi connectivity index (χ2v) is 5.50. The van der Waals surface area contributed by atoms with Crippen LogP contribution in [0.25, 0.3) is 0 Å². The van der Waals surface area contributed by atoms with Crippen LogP contribution in [0.4, 0.5) is 4.79 Å². The van der Waals surface area contributed by atoms with E-state index in [4.69, 9.17) is 4.74 Å². The standard InChI is InChI=1S/C12H24N2O2/c1-6-10-7-13-9(2)8-14(10)11(15)16-12(3,4)5/h9-10,13H,6-8H2,1-5H3/t9?,10-/m1/s1. The average molecular weight is 228 g/mol. The SMILES string of the molecule is CC[C@@H]1CNC(C)CN1C(=O)OC(C)(C)C. The van der Waals surface area contributed by atoms with Gasteiger partial charge in [0.05, 0.1) is 0 Å². The number of piperazine rings is 1. The highest BCUT2D eigenvalue weighted by Crippen LogP contribution is 2.16. The zero-order valence-corrected chi connectivity index (χ0v) is 11.0. The molecule has 1 amide bonds. The van der Waals surface area contributed by atoms with Crippen molar-refractivity contribution in [1.29, 1.82) is 0 Å². The molecule has 4 heteroatoms. The van der Waals surface area contributed by atoms with E-state index in [1.165, 1.54) is 0 Å². The molecule has 0 spiro atoms. The lowest BCUT2D eigenvalue weighted by molar-refractivity contribution is 0.00780. The van der Waals surface area contributed by atoms with Crippen LogP contribution in [-0.4, -0.2) is 41.8 Å². The molecule has 0 aliphatic carbocycles. The minimum absolute atomic E-state index is 0.187. The number of hydrogen-bond acceptors (Lipinski definition) is 3. The molecule has 1 unspecified atom stereocenters. The van der Waals surface area contributed by atoms with Gasteiger partial charge < -0.3 is 15.0 Å². The van der Waals surface area contributed by atoms with Crippen LogP contribution in [-0.2, 0) is 4.74 Å². The molecule has 2 atom stereocenters. The highest BCUT2D eigenvalue weighted by molar-refractivity contribution is 5.68. The van der Waals surface area contributed by atoms with Gasteiger partial charge in [-0.3, -0.25) is 0 Å². The molecule has 1 aliphatic heterocycles. The van der Waals surface area contributed by atoms with Crippen LogP contribution in [0, 0.1) is 0 Å². The van der Waals surface area contributed by atoms with Crippen molar-refractivity contribution in [3.63, 3.8) is 0 Å². The Bertz CT molecular complexity index is 248. The normalized spacial score (nSPS) is 26.7. The summed E-state index contributed by atoms with van der Waals surface area (Å²) in [5, 5.41) is 3.38. The molecule has 1 saturated heterocycles. The average Bonchev–Trinajstić information content (AvgIpc) is 2.15. The van der Waals surface area contributed by atoms with Gasteiger partial charge in [-0.2, -0.15) is 0 Å². The first kappa shape index (κ1) is 13.3. The van der Waals surface area contributed by atoms with Gasteiger partial charge in [-0.1, -0.05) is 6.92 Å². The number of nitrogens with one attached hydrogen (secondary N) is 1. The van der Waals surface area contributed by atoms with Gasteiger partial charge in [0.25, 0.3) is 0 Å². The van der Waals surface area contributed by atoms with Crippen LogP contribution in [0.5, 0.6) is 0 Å². The largest absolute Gasteiger partial charge is 0.444 e. The third-order valence-corrected chi connectivity index (χ3v) is 2.71. The summed E-state index contributed by atoms with van der Waals surface area (Å²) in [4.78, 5) is 13.9. The van der Waals surface area contributed by atoms with E-state index in [1.807, 2.05) is 25.7 Å². The zero-order chi connectivity index (χ0) is 12.3. The highest BCUT2D eigenvalue weighted by Gasteiger charge is 2.31. The van der Waals surface area contributed by atoms with Crippen molar-refractivity contribution in [3.05, 3.63) is 0 Å². The second-order valence-electron chi connectivity index (χ2n) is 5.50. The predicted octanol–water partition coefficient (Wildman–Crippen LogP) is 1.99. The lowest BCUT2D eigenvalue weighted by atomic mass is 10.1. The van der Waals surface area contributed by atoms with Crippen molar-refractivity contribution in [1.82, 2.24) is 10.2 Å². The smallest absolute Gasteiger partial charge is 0.410 e. The van der Waals surface area contributed by atoms with Crippen molar-refractivity contribution in [2.75, 3.05) is 13.1 Å². The summed E-state index contributed by atoms with van der Waals surface area (Å²) >= 11 is 0. The highest BCUT2D eigenvalue weighted by atomic mass is 16.6. The number of nitrogens with zero attached hydrogens (tertiary/aromatic N) is 1. The molecular formula is C12H24N2O2. The van der Waals surface area contributed by atoms with Gasteiger partial charge in [0.2, 0.25) is 0 Å². The molecule has 0 aromatic heterocycles. The minimum Gasteiger partial charge on any atom is -0.444 e. The number of carbonyl (C=O) groups is 1. The van der Waals surface area contributed by atoms with E-state index in [1.54, 1.807) is 0 Å². The molecule has 0 saturated carbocycles. The van der Waals surface area contributed by atoms with E-state index in [0.29, 0.717) is 6.04 Å². The summed E-state index contributed by atoms with van der Waals surface area (Å²) in [5.74, 6) is 0. The molecular weight excluding hydrogens is 204 g/mol. The predicted molar refractivity (Wildman–Crippen MR) is 64.5 cm³/mol. The molecule has 0 aromatic rings. The molecule has 16 heavy (non-hydrogen) atoms. The third-order valence-electron chi connectivity index (χ3n) is 2.71. The summed E-state index contributed by atoms with van der Waals surface area (Å²) < 4.78 is 5.42. The molecule has 0 aromatic carbocycles. The van der Waals surface area contributed by atoms with Gasteiger partial charge in [-0.05, 0) is 34.1 Å². The van der Waals surface area contributed by atoms with Crippen LogP contribution >= 0.6 is 0 Å². The quantitative estimate of drug-likeness (QED) is 0.746. The summed E-state index contributed by atoms with van der Waals surface area (Å²) in [6, 6.07) is 0.598. The molecule has 1 N–H and O–H groups in total. The van der Waals surface area contributed by atoms with Gasteiger partial charge >= 0.3 is 6.09 Å². The summed E-state index contributed by atoms with van der Waals surface area (Å²) in [5.41, 5.74) is -0.413. The first-order chi connectivity index (χ1) is 7.33. The third kappa shape index (κ3) is 3.67. The Morgan fingerprint density at radius 3 is 2.62 bits per heavy atom. The molecule has 94 valence electrons. The van der Waals surface area contributed by atoms with Gasteiger partial charge in [-0.25, -0.2) is 4.79 Å². The molecule has 1 aliphatic rings. The van der Waals surface area contributed by atoms with Gasteiger partial charge in [0.1, 0.15) is 5.60 Å². The molecule has 1 fully saturated rings. The Labute approximate surface area is 98.3 Å². The lowest BCUT2D eigenvalue weighted by Crippen LogP contribution is -2.57. The number of carbonyl (C=O) groups excluding carboxylic acids is 1. The van der Waals surface area contributed by atoms with E-state index in [9.17, 15) is 4.79 Å². The Hall–Kier alpha value is -0.770. The summed E-state index contributed by atoms with van der Waals surface area (Å²) in [7, 11) is 0. The van der Waals surface area contributed by atoms with Crippen molar-refractivity contribution in [3.8, 4) is 0 Å².